The van der Waals surface area contributed by atoms with Crippen LogP contribution in [0.3, 0.4) is 0 Å². The zero-order valence-corrected chi connectivity index (χ0v) is 15.2. The summed E-state index contributed by atoms with van der Waals surface area (Å²) in [4.78, 5) is 10.9. The first-order chi connectivity index (χ1) is 12.1. The van der Waals surface area contributed by atoms with E-state index in [1.165, 1.54) is 42.5 Å². The first kappa shape index (κ1) is 19.1. The second-order valence-corrected chi connectivity index (χ2v) is 7.61. The molecule has 0 saturated carbocycles. The molecule has 0 aromatic heterocycles. The first-order valence-corrected chi connectivity index (χ1v) is 8.77. The van der Waals surface area contributed by atoms with Gasteiger partial charge in [0, 0.05) is 16.5 Å². The molecule has 1 heterocycles. The van der Waals surface area contributed by atoms with Crippen molar-refractivity contribution in [2.75, 3.05) is 0 Å². The molecule has 136 valence electrons. The molecule has 3 nitrogen and oxygen atoms in total. The summed E-state index contributed by atoms with van der Waals surface area (Å²) in [6, 6.07) is 9.38. The molecule has 3 rings (SSSR count). The van der Waals surface area contributed by atoms with Crippen LogP contribution in [0.1, 0.15) is 27.9 Å². The van der Waals surface area contributed by atoms with Gasteiger partial charge in [-0.3, -0.25) is 0 Å². The van der Waals surface area contributed by atoms with Crippen molar-refractivity contribution >= 4 is 46.8 Å². The Bertz CT molecular complexity index is 880. The number of nitrogens with zero attached hydrogens (tertiary/aromatic N) is 1. The summed E-state index contributed by atoms with van der Waals surface area (Å²) in [7, 11) is 0. The molecule has 9 heteroatoms. The molecule has 26 heavy (non-hydrogen) atoms. The lowest BCUT2D eigenvalue weighted by Crippen LogP contribution is -2.38. The van der Waals surface area contributed by atoms with E-state index in [4.69, 9.17) is 28.3 Å². The van der Waals surface area contributed by atoms with Crippen molar-refractivity contribution in [3.05, 3.63) is 69.2 Å². The summed E-state index contributed by atoms with van der Waals surface area (Å²) in [6.45, 7) is 0. The lowest BCUT2D eigenvalue weighted by atomic mass is 9.89. The zero-order valence-electron chi connectivity index (χ0n) is 12.8. The predicted molar refractivity (Wildman–Crippen MR) is 96.3 cm³/mol. The van der Waals surface area contributed by atoms with Gasteiger partial charge < -0.3 is 5.11 Å². The van der Waals surface area contributed by atoms with Gasteiger partial charge in [-0.1, -0.05) is 35.3 Å². The molecule has 0 bridgehead atoms. The van der Waals surface area contributed by atoms with Gasteiger partial charge in [-0.05, 0) is 53.4 Å². The summed E-state index contributed by atoms with van der Waals surface area (Å²) >= 11 is 12.2. The van der Waals surface area contributed by atoms with Crippen molar-refractivity contribution < 1.29 is 23.1 Å². The van der Waals surface area contributed by atoms with Gasteiger partial charge in [0.25, 0.3) is 0 Å². The highest BCUT2D eigenvalue weighted by atomic mass is 35.5. The normalized spacial score (nSPS) is 20.1. The van der Waals surface area contributed by atoms with Crippen LogP contribution >= 0.6 is 35.1 Å². The molecule has 0 spiro atoms. The Morgan fingerprint density at radius 2 is 1.69 bits per heavy atom. The molecule has 1 N–H and O–H groups in total. The number of hydrogen-bond donors (Lipinski definition) is 1. The second-order valence-electron chi connectivity index (χ2n) is 5.67. The number of benzene rings is 2. The van der Waals surface area contributed by atoms with Gasteiger partial charge in [0.05, 0.1) is 11.3 Å². The van der Waals surface area contributed by atoms with Gasteiger partial charge >= 0.3 is 12.1 Å². The molecule has 0 fully saturated rings. The number of carboxylic acids is 1. The van der Waals surface area contributed by atoms with E-state index in [1.807, 2.05) is 0 Å². The van der Waals surface area contributed by atoms with E-state index in [-0.39, 0.29) is 26.9 Å². The van der Waals surface area contributed by atoms with Crippen LogP contribution in [0, 0.1) is 0 Å². The Morgan fingerprint density at radius 1 is 1.12 bits per heavy atom. The summed E-state index contributed by atoms with van der Waals surface area (Å²) in [5.41, 5.74) is 0.624. The average molecular weight is 420 g/mol. The molecule has 1 unspecified atom stereocenters. The standard InChI is InChI=1S/C17H10Cl2F3NO2S/c18-12-5-11(6-13(19)7-12)16(17(20,21)22)8-14(23-26-16)9-1-3-10(4-2-9)15(24)25/h1-7H,8H2,(H,24,25). The number of carbonyl (C=O) groups is 1. The number of rotatable bonds is 3. The lowest BCUT2D eigenvalue weighted by Gasteiger charge is -2.30. The third-order valence-corrected chi connectivity index (χ3v) is 5.65. The Hall–Kier alpha value is -1.70. The van der Waals surface area contributed by atoms with E-state index < -0.39 is 23.3 Å². The van der Waals surface area contributed by atoms with E-state index in [2.05, 4.69) is 4.40 Å². The van der Waals surface area contributed by atoms with E-state index in [9.17, 15) is 18.0 Å². The predicted octanol–water partition coefficient (Wildman–Crippen LogP) is 5.99. The highest BCUT2D eigenvalue weighted by Crippen LogP contribution is 2.57. The van der Waals surface area contributed by atoms with Crippen molar-refractivity contribution in [2.45, 2.75) is 17.3 Å². The third-order valence-electron chi connectivity index (χ3n) is 3.98. The van der Waals surface area contributed by atoms with Gasteiger partial charge in [-0.2, -0.15) is 13.2 Å². The van der Waals surface area contributed by atoms with Crippen LogP contribution in [-0.4, -0.2) is 23.0 Å². The number of halogens is 5. The Balaban J connectivity index is 1.99. The monoisotopic (exact) mass is 419 g/mol. The van der Waals surface area contributed by atoms with Gasteiger partial charge in [0.15, 0.2) is 4.75 Å². The molecule has 0 radical (unpaired) electrons. The second kappa shape index (κ2) is 6.79. The molecule has 1 aliphatic rings. The van der Waals surface area contributed by atoms with Crippen LogP contribution in [0.25, 0.3) is 0 Å². The fourth-order valence-electron chi connectivity index (χ4n) is 2.65. The minimum Gasteiger partial charge on any atom is -0.478 e. The van der Waals surface area contributed by atoms with Crippen molar-refractivity contribution in [1.82, 2.24) is 0 Å². The quantitative estimate of drug-likeness (QED) is 0.621. The van der Waals surface area contributed by atoms with Crippen molar-refractivity contribution in [1.29, 1.82) is 0 Å². The summed E-state index contributed by atoms with van der Waals surface area (Å²) < 4.78 is 43.6. The van der Waals surface area contributed by atoms with Gasteiger partial charge in [-0.15, -0.1) is 0 Å². The number of hydrogen-bond acceptors (Lipinski definition) is 3. The zero-order chi connectivity index (χ0) is 19.1. The van der Waals surface area contributed by atoms with Crippen molar-refractivity contribution in [3.8, 4) is 0 Å². The van der Waals surface area contributed by atoms with Crippen LogP contribution in [-0.2, 0) is 4.75 Å². The average Bonchev–Trinajstić information content (AvgIpc) is 3.00. The van der Waals surface area contributed by atoms with Crippen LogP contribution in [0.4, 0.5) is 13.2 Å². The SMILES string of the molecule is O=C(O)c1ccc(C2=NSC(c3cc(Cl)cc(Cl)c3)(C(F)(F)F)C2)cc1. The molecule has 0 amide bonds. The molecule has 2 aromatic rings. The summed E-state index contributed by atoms with van der Waals surface area (Å²) in [6.07, 6.45) is -5.01. The fourth-order valence-corrected chi connectivity index (χ4v) is 4.14. The first-order valence-electron chi connectivity index (χ1n) is 7.24. The molecule has 1 aliphatic heterocycles. The molecule has 0 aliphatic carbocycles. The van der Waals surface area contributed by atoms with Gasteiger partial charge in [0.2, 0.25) is 0 Å². The minimum absolute atomic E-state index is 0.0451. The molecular formula is C17H10Cl2F3NO2S. The van der Waals surface area contributed by atoms with Crippen molar-refractivity contribution in [3.63, 3.8) is 0 Å². The van der Waals surface area contributed by atoms with Crippen LogP contribution in [0.2, 0.25) is 10.0 Å². The lowest BCUT2D eigenvalue weighted by molar-refractivity contribution is -0.159. The third kappa shape index (κ3) is 3.43. The number of alkyl halides is 3. The maximum Gasteiger partial charge on any atom is 0.409 e. The number of carboxylic acid groups (broad SMARTS) is 1. The number of aromatic carboxylic acids is 1. The Morgan fingerprint density at radius 3 is 2.19 bits per heavy atom. The smallest absolute Gasteiger partial charge is 0.409 e. The molecule has 0 saturated heterocycles. The molecule has 2 aromatic carbocycles. The summed E-state index contributed by atoms with van der Waals surface area (Å²) in [5.74, 6) is -1.11. The van der Waals surface area contributed by atoms with Crippen molar-refractivity contribution in [2.24, 2.45) is 4.40 Å². The van der Waals surface area contributed by atoms with E-state index >= 15 is 0 Å². The van der Waals surface area contributed by atoms with E-state index in [0.29, 0.717) is 17.5 Å². The van der Waals surface area contributed by atoms with Crippen LogP contribution in [0.15, 0.2) is 46.9 Å². The Labute approximate surface area is 161 Å². The van der Waals surface area contributed by atoms with E-state index in [1.54, 1.807) is 0 Å². The fraction of sp³-hybridized carbons (Fsp3) is 0.176. The van der Waals surface area contributed by atoms with Gasteiger partial charge in [-0.25, -0.2) is 9.19 Å². The molecule has 1 atom stereocenters. The Kier molecular flexibility index (Phi) is 4.98. The maximum atomic E-state index is 14.0. The highest BCUT2D eigenvalue weighted by molar-refractivity contribution is 7.99. The summed E-state index contributed by atoms with van der Waals surface area (Å²) in [5, 5.41) is 9.14. The van der Waals surface area contributed by atoms with Crippen LogP contribution < -0.4 is 0 Å². The van der Waals surface area contributed by atoms with Crippen LogP contribution in [0.5, 0.6) is 0 Å². The maximum absolute atomic E-state index is 14.0. The molecular weight excluding hydrogens is 410 g/mol. The highest BCUT2D eigenvalue weighted by Gasteiger charge is 2.60. The largest absolute Gasteiger partial charge is 0.478 e. The minimum atomic E-state index is -4.60. The van der Waals surface area contributed by atoms with Gasteiger partial charge in [0.1, 0.15) is 0 Å². The topological polar surface area (TPSA) is 49.7 Å². The van der Waals surface area contributed by atoms with E-state index in [0.717, 1.165) is 0 Å².